The van der Waals surface area contributed by atoms with E-state index in [2.05, 4.69) is 52.5 Å². The van der Waals surface area contributed by atoms with Gasteiger partial charge in [-0.15, -0.1) is 22.7 Å². The molecule has 3 aromatic heterocycles. The van der Waals surface area contributed by atoms with E-state index in [0.29, 0.717) is 5.76 Å². The van der Waals surface area contributed by atoms with Crippen molar-refractivity contribution < 1.29 is 9.21 Å². The Morgan fingerprint density at radius 2 is 2.03 bits per heavy atom. The number of rotatable bonds is 7. The molecule has 4 rings (SSSR count). The van der Waals surface area contributed by atoms with E-state index in [1.807, 2.05) is 0 Å². The minimum absolute atomic E-state index is 0.164. The molecule has 0 unspecified atom stereocenters. The Hall–Kier alpha value is -1.93. The molecule has 154 valence electrons. The van der Waals surface area contributed by atoms with E-state index in [9.17, 15) is 4.79 Å². The number of carbonyl (C=O) groups is 1. The van der Waals surface area contributed by atoms with E-state index < -0.39 is 0 Å². The molecule has 3 aromatic rings. The highest BCUT2D eigenvalue weighted by molar-refractivity contribution is 7.16. The Morgan fingerprint density at radius 1 is 1.21 bits per heavy atom. The molecule has 4 heterocycles. The van der Waals surface area contributed by atoms with Crippen molar-refractivity contribution in [3.05, 3.63) is 63.1 Å². The summed E-state index contributed by atoms with van der Waals surface area (Å²) >= 11 is 3.46. The van der Waals surface area contributed by atoms with E-state index >= 15 is 0 Å². The molecule has 7 heteroatoms. The monoisotopic (exact) mass is 429 g/mol. The maximum atomic E-state index is 12.7. The van der Waals surface area contributed by atoms with Gasteiger partial charge in [-0.2, -0.15) is 0 Å². The van der Waals surface area contributed by atoms with E-state index in [1.165, 1.54) is 21.6 Å². The van der Waals surface area contributed by atoms with Crippen LogP contribution in [-0.2, 0) is 6.42 Å². The van der Waals surface area contributed by atoms with Crippen LogP contribution in [0.4, 0.5) is 5.00 Å². The highest BCUT2D eigenvalue weighted by Gasteiger charge is 2.30. The van der Waals surface area contributed by atoms with E-state index in [-0.39, 0.29) is 11.9 Å². The molecule has 1 aliphatic rings. The van der Waals surface area contributed by atoms with Crippen molar-refractivity contribution in [3.8, 4) is 0 Å². The summed E-state index contributed by atoms with van der Waals surface area (Å²) in [6, 6.07) is 10.2. The molecule has 0 bridgehead atoms. The zero-order valence-corrected chi connectivity index (χ0v) is 18.5. The van der Waals surface area contributed by atoms with Gasteiger partial charge in [-0.05, 0) is 42.6 Å². The first-order chi connectivity index (χ1) is 14.2. The molecule has 1 aliphatic heterocycles. The summed E-state index contributed by atoms with van der Waals surface area (Å²) in [6.07, 6.45) is 2.48. The Bertz CT molecular complexity index is 910. The summed E-state index contributed by atoms with van der Waals surface area (Å²) in [5.41, 5.74) is 1.19. The van der Waals surface area contributed by atoms with Crippen molar-refractivity contribution in [2.75, 3.05) is 38.0 Å². The van der Waals surface area contributed by atoms with Crippen molar-refractivity contribution in [2.24, 2.45) is 0 Å². The standard InChI is InChI=1S/C22H27N3O2S2/c1-3-16-15-17(22(29-16)23-21(26)18-7-5-13-27-18)20(19-8-6-14-28-19)25-11-9-24(4-2)10-12-25/h5-8,13-15,20H,3-4,9-12H2,1-2H3,(H,23,26)/t20-/m1/s1. The van der Waals surface area contributed by atoms with Gasteiger partial charge in [0.05, 0.1) is 12.3 Å². The highest BCUT2D eigenvalue weighted by Crippen LogP contribution is 2.41. The number of anilines is 1. The highest BCUT2D eigenvalue weighted by atomic mass is 32.1. The smallest absolute Gasteiger partial charge is 0.291 e. The summed E-state index contributed by atoms with van der Waals surface area (Å²) in [4.78, 5) is 20.3. The second-order valence-corrected chi connectivity index (χ2v) is 9.29. The molecule has 0 aromatic carbocycles. The lowest BCUT2D eigenvalue weighted by Gasteiger charge is -2.38. The molecule has 1 saturated heterocycles. The number of carbonyl (C=O) groups excluding carboxylic acids is 1. The Labute approximate surface area is 179 Å². The third-order valence-electron chi connectivity index (χ3n) is 5.46. The Morgan fingerprint density at radius 3 is 2.66 bits per heavy atom. The lowest BCUT2D eigenvalue weighted by atomic mass is 10.0. The molecule has 1 fully saturated rings. The van der Waals surface area contributed by atoms with Gasteiger partial charge in [0.2, 0.25) is 0 Å². The summed E-state index contributed by atoms with van der Waals surface area (Å²) in [5, 5.41) is 6.19. The van der Waals surface area contributed by atoms with Gasteiger partial charge in [0.15, 0.2) is 5.76 Å². The molecule has 0 aliphatic carbocycles. The van der Waals surface area contributed by atoms with Crippen LogP contribution in [0.25, 0.3) is 0 Å². The fourth-order valence-electron chi connectivity index (χ4n) is 3.82. The Balaban J connectivity index is 1.67. The fraction of sp³-hybridized carbons (Fsp3) is 0.409. The van der Waals surface area contributed by atoms with Crippen molar-refractivity contribution in [1.82, 2.24) is 9.80 Å². The summed E-state index contributed by atoms with van der Waals surface area (Å²) in [5.74, 6) is 0.146. The average molecular weight is 430 g/mol. The van der Waals surface area contributed by atoms with Crippen LogP contribution in [0.1, 0.15) is 45.8 Å². The number of nitrogens with one attached hydrogen (secondary N) is 1. The SMILES string of the molecule is CCc1cc([C@H](c2cccs2)N2CCN(CC)CC2)c(NC(=O)c2ccco2)s1. The quantitative estimate of drug-likeness (QED) is 0.578. The van der Waals surface area contributed by atoms with Gasteiger partial charge in [-0.1, -0.05) is 19.9 Å². The third kappa shape index (κ3) is 4.48. The van der Waals surface area contributed by atoms with E-state index in [0.717, 1.165) is 44.1 Å². The number of amides is 1. The maximum absolute atomic E-state index is 12.7. The largest absolute Gasteiger partial charge is 0.459 e. The third-order valence-corrected chi connectivity index (χ3v) is 7.59. The number of thiophene rings is 2. The first-order valence-electron chi connectivity index (χ1n) is 10.2. The zero-order valence-electron chi connectivity index (χ0n) is 16.9. The molecule has 0 spiro atoms. The van der Waals surface area contributed by atoms with Crippen LogP contribution in [0.3, 0.4) is 0 Å². The number of hydrogen-bond donors (Lipinski definition) is 1. The van der Waals surface area contributed by atoms with Crippen molar-refractivity contribution in [1.29, 1.82) is 0 Å². The van der Waals surface area contributed by atoms with Crippen molar-refractivity contribution >= 4 is 33.6 Å². The molecule has 0 radical (unpaired) electrons. The first-order valence-corrected chi connectivity index (χ1v) is 11.9. The van der Waals surface area contributed by atoms with Gasteiger partial charge in [0.25, 0.3) is 5.91 Å². The van der Waals surface area contributed by atoms with Crippen LogP contribution in [0.5, 0.6) is 0 Å². The lowest BCUT2D eigenvalue weighted by molar-refractivity contribution is 0.0996. The predicted molar refractivity (Wildman–Crippen MR) is 120 cm³/mol. The number of hydrogen-bond acceptors (Lipinski definition) is 6. The Kier molecular flexibility index (Phi) is 6.50. The minimum atomic E-state index is -0.193. The molecule has 1 N–H and O–H groups in total. The summed E-state index contributed by atoms with van der Waals surface area (Å²) in [7, 11) is 0. The predicted octanol–water partition coefficient (Wildman–Crippen LogP) is 4.94. The lowest BCUT2D eigenvalue weighted by Crippen LogP contribution is -2.47. The van der Waals surface area contributed by atoms with Gasteiger partial charge in [0.1, 0.15) is 5.00 Å². The second kappa shape index (κ2) is 9.26. The van der Waals surface area contributed by atoms with Crippen LogP contribution in [0, 0.1) is 0 Å². The molecular formula is C22H27N3O2S2. The number of furan rings is 1. The first kappa shape index (κ1) is 20.3. The van der Waals surface area contributed by atoms with Crippen LogP contribution < -0.4 is 5.32 Å². The molecule has 1 amide bonds. The summed E-state index contributed by atoms with van der Waals surface area (Å²) < 4.78 is 5.29. The minimum Gasteiger partial charge on any atom is -0.459 e. The average Bonchev–Trinajstić information content (AvgIpc) is 3.51. The van der Waals surface area contributed by atoms with Crippen LogP contribution in [0.15, 0.2) is 46.4 Å². The molecule has 5 nitrogen and oxygen atoms in total. The normalized spacial score (nSPS) is 16.8. The van der Waals surface area contributed by atoms with Crippen LogP contribution in [0.2, 0.25) is 0 Å². The number of nitrogens with zero attached hydrogens (tertiary/aromatic N) is 2. The van der Waals surface area contributed by atoms with E-state index in [1.54, 1.807) is 34.8 Å². The number of piperazine rings is 1. The topological polar surface area (TPSA) is 48.7 Å². The van der Waals surface area contributed by atoms with Crippen LogP contribution in [-0.4, -0.2) is 48.4 Å². The van der Waals surface area contributed by atoms with Gasteiger partial charge >= 0.3 is 0 Å². The van der Waals surface area contributed by atoms with Gasteiger partial charge in [-0.3, -0.25) is 9.69 Å². The van der Waals surface area contributed by atoms with Crippen LogP contribution >= 0.6 is 22.7 Å². The van der Waals surface area contributed by atoms with Crippen molar-refractivity contribution in [3.63, 3.8) is 0 Å². The fourth-order valence-corrected chi connectivity index (χ4v) is 5.72. The van der Waals surface area contributed by atoms with Crippen molar-refractivity contribution in [2.45, 2.75) is 26.3 Å². The second-order valence-electron chi connectivity index (χ2n) is 7.17. The molecular weight excluding hydrogens is 402 g/mol. The van der Waals surface area contributed by atoms with Gasteiger partial charge in [-0.25, -0.2) is 0 Å². The molecule has 1 atom stereocenters. The van der Waals surface area contributed by atoms with E-state index in [4.69, 9.17) is 4.42 Å². The summed E-state index contributed by atoms with van der Waals surface area (Å²) in [6.45, 7) is 9.70. The van der Waals surface area contributed by atoms with Gasteiger partial charge < -0.3 is 14.6 Å². The maximum Gasteiger partial charge on any atom is 0.291 e. The molecule has 29 heavy (non-hydrogen) atoms. The number of aryl methyl sites for hydroxylation is 1. The van der Waals surface area contributed by atoms with Gasteiger partial charge in [0, 0.05) is 41.5 Å². The zero-order chi connectivity index (χ0) is 20.2. The number of likely N-dealkylation sites (N-methyl/N-ethyl adjacent to an activating group) is 1. The molecule has 0 saturated carbocycles.